The normalized spacial score (nSPS) is 8.88. The summed E-state index contributed by atoms with van der Waals surface area (Å²) in [6.45, 7) is 0. The summed E-state index contributed by atoms with van der Waals surface area (Å²) in [7, 11) is 1.20. The molecule has 0 aliphatic carbocycles. The van der Waals surface area contributed by atoms with Crippen molar-refractivity contribution in [2.45, 2.75) is 0 Å². The van der Waals surface area contributed by atoms with Crippen LogP contribution in [0.4, 0.5) is 0 Å². The average Bonchev–Trinajstić information content (AvgIpc) is 2.25. The number of hydrogen-bond acceptors (Lipinski definition) is 4. The van der Waals surface area contributed by atoms with Crippen LogP contribution in [0.3, 0.4) is 0 Å². The number of halogens is 1. The van der Waals surface area contributed by atoms with Crippen LogP contribution in [0.15, 0.2) is 12.3 Å². The maximum atomic E-state index is 10.7. The van der Waals surface area contributed by atoms with E-state index in [9.17, 15) is 9.59 Å². The van der Waals surface area contributed by atoms with Crippen LogP contribution >= 0.6 is 11.6 Å². The molecule has 1 aromatic heterocycles. The van der Waals surface area contributed by atoms with Gasteiger partial charge in [-0.15, -0.1) is 0 Å². The first-order valence-corrected chi connectivity index (χ1v) is 4.41. The number of methoxy groups -OCH3 is 1. The molecular formula is C10H6ClNO4. The predicted octanol–water partition coefficient (Wildman–Crippen LogP) is 0.958. The number of aromatic nitrogens is 1. The summed E-state index contributed by atoms with van der Waals surface area (Å²) in [5, 5.41) is 8.62. The van der Waals surface area contributed by atoms with Crippen molar-refractivity contribution in [3.8, 4) is 11.8 Å². The van der Waals surface area contributed by atoms with Gasteiger partial charge in [-0.05, 0) is 6.07 Å². The zero-order valence-corrected chi connectivity index (χ0v) is 8.91. The van der Waals surface area contributed by atoms with Crippen molar-refractivity contribution in [3.05, 3.63) is 28.5 Å². The van der Waals surface area contributed by atoms with E-state index < -0.39 is 11.9 Å². The third-order valence-corrected chi connectivity index (χ3v) is 1.83. The van der Waals surface area contributed by atoms with E-state index >= 15 is 0 Å². The zero-order valence-electron chi connectivity index (χ0n) is 8.15. The fourth-order valence-corrected chi connectivity index (χ4v) is 1.09. The number of carboxylic acid groups (broad SMARTS) is 1. The second-order valence-electron chi connectivity index (χ2n) is 2.60. The van der Waals surface area contributed by atoms with Crippen LogP contribution in [-0.4, -0.2) is 29.1 Å². The number of pyridine rings is 1. The maximum absolute atomic E-state index is 10.7. The summed E-state index contributed by atoms with van der Waals surface area (Å²) < 4.78 is 4.30. The van der Waals surface area contributed by atoms with Gasteiger partial charge in [0.05, 0.1) is 12.1 Å². The number of ether oxygens (including phenoxy) is 1. The lowest BCUT2D eigenvalue weighted by atomic mass is 10.2. The highest BCUT2D eigenvalue weighted by molar-refractivity contribution is 6.33. The van der Waals surface area contributed by atoms with Gasteiger partial charge in [-0.2, -0.15) is 0 Å². The Labute approximate surface area is 96.0 Å². The third kappa shape index (κ3) is 2.97. The predicted molar refractivity (Wildman–Crippen MR) is 55.1 cm³/mol. The summed E-state index contributed by atoms with van der Waals surface area (Å²) in [6.07, 6.45) is 1.21. The number of carbonyl (C=O) groups excluding carboxylic acids is 1. The number of rotatable bonds is 1. The van der Waals surface area contributed by atoms with Crippen molar-refractivity contribution in [2.24, 2.45) is 0 Å². The molecule has 6 heteroatoms. The lowest BCUT2D eigenvalue weighted by Crippen LogP contribution is -2.01. The lowest BCUT2D eigenvalue weighted by molar-refractivity contribution is -0.133. The van der Waals surface area contributed by atoms with E-state index in [2.05, 4.69) is 21.6 Å². The second kappa shape index (κ2) is 5.14. The van der Waals surface area contributed by atoms with Gasteiger partial charge in [-0.3, -0.25) is 0 Å². The van der Waals surface area contributed by atoms with Gasteiger partial charge in [-0.25, -0.2) is 14.6 Å². The quantitative estimate of drug-likeness (QED) is 0.583. The van der Waals surface area contributed by atoms with Crippen LogP contribution in [0.5, 0.6) is 0 Å². The van der Waals surface area contributed by atoms with Crippen LogP contribution in [0, 0.1) is 11.8 Å². The molecule has 0 aromatic carbocycles. The molecule has 1 aromatic rings. The molecule has 1 rings (SSSR count). The second-order valence-corrected chi connectivity index (χ2v) is 3.01. The van der Waals surface area contributed by atoms with Crippen LogP contribution in [0.25, 0.3) is 0 Å². The molecule has 0 aliphatic rings. The van der Waals surface area contributed by atoms with Crippen molar-refractivity contribution in [1.82, 2.24) is 4.98 Å². The molecule has 82 valence electrons. The molecule has 0 unspecified atom stereocenters. The number of carbonyl (C=O) groups is 2. The van der Waals surface area contributed by atoms with Crippen molar-refractivity contribution >= 4 is 23.5 Å². The number of esters is 1. The molecule has 1 heterocycles. The Morgan fingerprint density at radius 3 is 2.75 bits per heavy atom. The largest absolute Gasteiger partial charge is 0.476 e. The highest BCUT2D eigenvalue weighted by Gasteiger charge is 2.09. The van der Waals surface area contributed by atoms with Crippen LogP contribution < -0.4 is 0 Å². The molecule has 0 fully saturated rings. The lowest BCUT2D eigenvalue weighted by Gasteiger charge is -1.97. The van der Waals surface area contributed by atoms with E-state index in [0.717, 1.165) is 0 Å². The Kier molecular flexibility index (Phi) is 3.86. The summed E-state index contributed by atoms with van der Waals surface area (Å²) in [5.74, 6) is 2.68. The van der Waals surface area contributed by atoms with Gasteiger partial charge < -0.3 is 9.84 Å². The monoisotopic (exact) mass is 239 g/mol. The molecule has 1 N–H and O–H groups in total. The number of nitrogens with zero attached hydrogens (tertiary/aromatic N) is 1. The van der Waals surface area contributed by atoms with E-state index in [-0.39, 0.29) is 10.7 Å². The molecule has 0 radical (unpaired) electrons. The van der Waals surface area contributed by atoms with Crippen molar-refractivity contribution in [3.63, 3.8) is 0 Å². The number of carboxylic acids is 1. The van der Waals surface area contributed by atoms with E-state index in [1.165, 1.54) is 19.4 Å². The Bertz CT molecular complexity index is 501. The Balaban J connectivity index is 3.01. The third-order valence-electron chi connectivity index (χ3n) is 1.54. The first-order valence-electron chi connectivity index (χ1n) is 4.03. The minimum Gasteiger partial charge on any atom is -0.476 e. The minimum atomic E-state index is -1.22. The molecule has 0 atom stereocenters. The Morgan fingerprint density at radius 2 is 2.25 bits per heavy atom. The fourth-order valence-electron chi connectivity index (χ4n) is 0.838. The van der Waals surface area contributed by atoms with Gasteiger partial charge in [0.1, 0.15) is 0 Å². The molecular weight excluding hydrogens is 234 g/mol. The molecule has 0 bridgehead atoms. The van der Waals surface area contributed by atoms with Gasteiger partial charge in [-0.1, -0.05) is 17.5 Å². The SMILES string of the molecule is COC(=O)C#Cc1cnc(C(=O)O)c(Cl)c1. The van der Waals surface area contributed by atoms with Gasteiger partial charge in [0.2, 0.25) is 0 Å². The van der Waals surface area contributed by atoms with Gasteiger partial charge in [0.15, 0.2) is 5.69 Å². The van der Waals surface area contributed by atoms with Crippen molar-refractivity contribution in [2.75, 3.05) is 7.11 Å². The van der Waals surface area contributed by atoms with E-state index in [1.807, 2.05) is 0 Å². The molecule has 16 heavy (non-hydrogen) atoms. The molecule has 5 nitrogen and oxygen atoms in total. The molecule has 0 saturated heterocycles. The summed E-state index contributed by atoms with van der Waals surface area (Å²) in [6, 6.07) is 1.31. The highest BCUT2D eigenvalue weighted by Crippen LogP contribution is 2.14. The van der Waals surface area contributed by atoms with E-state index in [0.29, 0.717) is 5.56 Å². The van der Waals surface area contributed by atoms with E-state index in [4.69, 9.17) is 16.7 Å². The fraction of sp³-hybridized carbons (Fsp3) is 0.100. The van der Waals surface area contributed by atoms with Crippen LogP contribution in [0.1, 0.15) is 16.1 Å². The van der Waals surface area contributed by atoms with Gasteiger partial charge in [0, 0.05) is 17.7 Å². The Hall–Kier alpha value is -2.06. The Morgan fingerprint density at radius 1 is 1.56 bits per heavy atom. The molecule has 0 aliphatic heterocycles. The molecule has 0 saturated carbocycles. The topological polar surface area (TPSA) is 76.5 Å². The van der Waals surface area contributed by atoms with Crippen molar-refractivity contribution < 1.29 is 19.4 Å². The summed E-state index contributed by atoms with van der Waals surface area (Å²) in [5.41, 5.74) is 0.0747. The minimum absolute atomic E-state index is 0.0378. The highest BCUT2D eigenvalue weighted by atomic mass is 35.5. The molecule has 0 spiro atoms. The maximum Gasteiger partial charge on any atom is 0.384 e. The van der Waals surface area contributed by atoms with Gasteiger partial charge in [0.25, 0.3) is 0 Å². The van der Waals surface area contributed by atoms with Crippen molar-refractivity contribution in [1.29, 1.82) is 0 Å². The first kappa shape index (κ1) is 12.0. The summed E-state index contributed by atoms with van der Waals surface area (Å²) in [4.78, 5) is 24.9. The number of hydrogen-bond donors (Lipinski definition) is 1. The zero-order chi connectivity index (χ0) is 12.1. The van der Waals surface area contributed by atoms with Crippen LogP contribution in [0.2, 0.25) is 5.02 Å². The standard InChI is InChI=1S/C10H6ClNO4/c1-16-8(13)3-2-6-4-7(11)9(10(14)15)12-5-6/h4-5H,1H3,(H,14,15). The first-order chi connectivity index (χ1) is 7.54. The van der Waals surface area contributed by atoms with Crippen LogP contribution in [-0.2, 0) is 9.53 Å². The smallest absolute Gasteiger partial charge is 0.384 e. The number of aromatic carboxylic acids is 1. The van der Waals surface area contributed by atoms with E-state index in [1.54, 1.807) is 0 Å². The summed E-state index contributed by atoms with van der Waals surface area (Å²) >= 11 is 5.65. The van der Waals surface area contributed by atoms with Gasteiger partial charge >= 0.3 is 11.9 Å². The molecule has 0 amide bonds. The average molecular weight is 240 g/mol.